The van der Waals surface area contributed by atoms with Crippen molar-refractivity contribution in [2.24, 2.45) is 5.73 Å². The molecular weight excluding hydrogens is 276 g/mol. The van der Waals surface area contributed by atoms with Gasteiger partial charge in [-0.05, 0) is 37.1 Å². The van der Waals surface area contributed by atoms with Crippen molar-refractivity contribution in [3.63, 3.8) is 0 Å². The highest BCUT2D eigenvalue weighted by molar-refractivity contribution is 5.84. The van der Waals surface area contributed by atoms with Crippen molar-refractivity contribution in [3.8, 4) is 5.75 Å². The van der Waals surface area contributed by atoms with Gasteiger partial charge in [-0.15, -0.1) is 0 Å². The zero-order valence-electron chi connectivity index (χ0n) is 13.0. The molecule has 3 N–H and O–H groups in total. The van der Waals surface area contributed by atoms with E-state index in [1.54, 1.807) is 13.8 Å². The molecule has 0 heterocycles. The average molecular weight is 298 g/mol. The second-order valence-electron chi connectivity index (χ2n) is 5.82. The number of hydrogen-bond acceptors (Lipinski definition) is 3. The Labute approximate surface area is 131 Å². The van der Waals surface area contributed by atoms with Gasteiger partial charge in [0.1, 0.15) is 12.4 Å². The third-order valence-electron chi connectivity index (χ3n) is 3.21. The normalized spacial score (nSPS) is 11.0. The van der Waals surface area contributed by atoms with Crippen LogP contribution in [0.25, 0.3) is 0 Å². The van der Waals surface area contributed by atoms with E-state index in [1.165, 1.54) is 0 Å². The maximum Gasteiger partial charge on any atom is 0.239 e. The fraction of sp³-hybridized carbons (Fsp3) is 0.278. The highest BCUT2D eigenvalue weighted by atomic mass is 16.5. The Balaban J connectivity index is 1.84. The van der Waals surface area contributed by atoms with E-state index in [4.69, 9.17) is 10.5 Å². The number of hydrogen-bond donors (Lipinski definition) is 2. The van der Waals surface area contributed by atoms with Crippen LogP contribution >= 0.6 is 0 Å². The molecule has 1 amide bonds. The molecule has 0 saturated carbocycles. The van der Waals surface area contributed by atoms with Crippen molar-refractivity contribution in [1.82, 2.24) is 5.32 Å². The predicted octanol–water partition coefficient (Wildman–Crippen LogP) is 2.62. The summed E-state index contributed by atoms with van der Waals surface area (Å²) in [6.07, 6.45) is 0. The predicted molar refractivity (Wildman–Crippen MR) is 87.3 cm³/mol. The minimum atomic E-state index is -0.862. The highest BCUT2D eigenvalue weighted by Gasteiger charge is 2.20. The van der Waals surface area contributed by atoms with Gasteiger partial charge in [0, 0.05) is 6.54 Å². The van der Waals surface area contributed by atoms with Gasteiger partial charge in [-0.25, -0.2) is 0 Å². The molecule has 22 heavy (non-hydrogen) atoms. The zero-order valence-corrected chi connectivity index (χ0v) is 13.0. The van der Waals surface area contributed by atoms with Crippen LogP contribution < -0.4 is 15.8 Å². The Bertz CT molecular complexity index is 601. The minimum absolute atomic E-state index is 0.170. The van der Waals surface area contributed by atoms with Crippen LogP contribution in [-0.2, 0) is 17.9 Å². The lowest BCUT2D eigenvalue weighted by Gasteiger charge is -2.17. The molecule has 116 valence electrons. The van der Waals surface area contributed by atoms with Crippen LogP contribution in [0.3, 0.4) is 0 Å². The first-order chi connectivity index (χ1) is 10.4. The monoisotopic (exact) mass is 298 g/mol. The number of benzene rings is 2. The lowest BCUT2D eigenvalue weighted by atomic mass is 10.1. The number of nitrogens with two attached hydrogens (primary N) is 1. The topological polar surface area (TPSA) is 64.4 Å². The Morgan fingerprint density at radius 1 is 1.05 bits per heavy atom. The largest absolute Gasteiger partial charge is 0.489 e. The van der Waals surface area contributed by atoms with Crippen molar-refractivity contribution < 1.29 is 9.53 Å². The fourth-order valence-corrected chi connectivity index (χ4v) is 1.85. The van der Waals surface area contributed by atoms with Gasteiger partial charge in [0.15, 0.2) is 0 Å². The van der Waals surface area contributed by atoms with Gasteiger partial charge in [0.2, 0.25) is 5.91 Å². The summed E-state index contributed by atoms with van der Waals surface area (Å²) in [6, 6.07) is 17.7. The Morgan fingerprint density at radius 3 is 2.27 bits per heavy atom. The van der Waals surface area contributed by atoms with E-state index in [-0.39, 0.29) is 5.91 Å². The van der Waals surface area contributed by atoms with E-state index in [1.807, 2.05) is 54.6 Å². The van der Waals surface area contributed by atoms with E-state index < -0.39 is 5.54 Å². The molecule has 0 aliphatic carbocycles. The second-order valence-corrected chi connectivity index (χ2v) is 5.82. The summed E-state index contributed by atoms with van der Waals surface area (Å²) in [5, 5.41) is 2.81. The maximum absolute atomic E-state index is 11.7. The highest BCUT2D eigenvalue weighted by Crippen LogP contribution is 2.14. The molecule has 0 aliphatic rings. The van der Waals surface area contributed by atoms with Crippen molar-refractivity contribution in [1.29, 1.82) is 0 Å². The Hall–Kier alpha value is -2.33. The molecular formula is C18H22N2O2. The summed E-state index contributed by atoms with van der Waals surface area (Å²) in [4.78, 5) is 11.7. The summed E-state index contributed by atoms with van der Waals surface area (Å²) in [6.45, 7) is 4.36. The number of amides is 1. The molecule has 2 aromatic carbocycles. The van der Waals surface area contributed by atoms with Gasteiger partial charge in [0.25, 0.3) is 0 Å². The fourth-order valence-electron chi connectivity index (χ4n) is 1.85. The van der Waals surface area contributed by atoms with E-state index in [9.17, 15) is 4.79 Å². The first-order valence-electron chi connectivity index (χ1n) is 7.28. The molecule has 0 unspecified atom stereocenters. The van der Waals surface area contributed by atoms with E-state index in [0.717, 1.165) is 16.9 Å². The average Bonchev–Trinajstić information content (AvgIpc) is 2.51. The molecule has 0 aromatic heterocycles. The number of carbonyl (C=O) groups is 1. The van der Waals surface area contributed by atoms with Gasteiger partial charge < -0.3 is 15.8 Å². The first-order valence-corrected chi connectivity index (χ1v) is 7.28. The van der Waals surface area contributed by atoms with Crippen LogP contribution in [0.1, 0.15) is 25.0 Å². The zero-order chi connectivity index (χ0) is 16.0. The SMILES string of the molecule is CC(C)(N)C(=O)NCc1ccc(OCc2ccccc2)cc1. The standard InChI is InChI=1S/C18H22N2O2/c1-18(2,19)17(21)20-12-14-8-10-16(11-9-14)22-13-15-6-4-3-5-7-15/h3-11H,12-13,19H2,1-2H3,(H,20,21). The molecule has 0 spiro atoms. The lowest BCUT2D eigenvalue weighted by molar-refractivity contribution is -0.125. The van der Waals surface area contributed by atoms with Crippen LogP contribution in [0.15, 0.2) is 54.6 Å². The summed E-state index contributed by atoms with van der Waals surface area (Å²) < 4.78 is 5.72. The summed E-state index contributed by atoms with van der Waals surface area (Å²) in [7, 11) is 0. The smallest absolute Gasteiger partial charge is 0.239 e. The van der Waals surface area contributed by atoms with Crippen molar-refractivity contribution in [2.75, 3.05) is 0 Å². The minimum Gasteiger partial charge on any atom is -0.489 e. The van der Waals surface area contributed by atoms with E-state index in [2.05, 4.69) is 5.32 Å². The molecule has 2 aromatic rings. The van der Waals surface area contributed by atoms with Gasteiger partial charge in [-0.3, -0.25) is 4.79 Å². The van der Waals surface area contributed by atoms with Crippen LogP contribution in [0.4, 0.5) is 0 Å². The van der Waals surface area contributed by atoms with Gasteiger partial charge in [-0.1, -0.05) is 42.5 Å². The molecule has 4 nitrogen and oxygen atoms in total. The van der Waals surface area contributed by atoms with Crippen molar-refractivity contribution in [2.45, 2.75) is 32.5 Å². The van der Waals surface area contributed by atoms with Crippen LogP contribution in [-0.4, -0.2) is 11.4 Å². The van der Waals surface area contributed by atoms with Gasteiger partial charge in [-0.2, -0.15) is 0 Å². The van der Waals surface area contributed by atoms with Crippen molar-refractivity contribution >= 4 is 5.91 Å². The lowest BCUT2D eigenvalue weighted by Crippen LogP contribution is -2.48. The second kappa shape index (κ2) is 7.09. The number of carbonyl (C=O) groups excluding carboxylic acids is 1. The quantitative estimate of drug-likeness (QED) is 0.861. The third kappa shape index (κ3) is 4.90. The number of ether oxygens (including phenoxy) is 1. The molecule has 0 fully saturated rings. The third-order valence-corrected chi connectivity index (χ3v) is 3.21. The van der Waals surface area contributed by atoms with Crippen LogP contribution in [0, 0.1) is 0 Å². The molecule has 0 radical (unpaired) electrons. The first kappa shape index (κ1) is 16.0. The summed E-state index contributed by atoms with van der Waals surface area (Å²) in [5.74, 6) is 0.634. The van der Waals surface area contributed by atoms with Gasteiger partial charge in [0.05, 0.1) is 5.54 Å². The molecule has 0 atom stereocenters. The molecule has 0 bridgehead atoms. The summed E-state index contributed by atoms with van der Waals surface area (Å²) >= 11 is 0. The van der Waals surface area contributed by atoms with Crippen LogP contribution in [0.5, 0.6) is 5.75 Å². The van der Waals surface area contributed by atoms with Gasteiger partial charge >= 0.3 is 0 Å². The molecule has 0 aliphatic heterocycles. The molecule has 2 rings (SSSR count). The van der Waals surface area contributed by atoms with Crippen molar-refractivity contribution in [3.05, 3.63) is 65.7 Å². The summed E-state index contributed by atoms with van der Waals surface area (Å²) in [5.41, 5.74) is 7.00. The van der Waals surface area contributed by atoms with E-state index >= 15 is 0 Å². The Morgan fingerprint density at radius 2 is 1.68 bits per heavy atom. The number of nitrogens with one attached hydrogen (secondary N) is 1. The Kier molecular flexibility index (Phi) is 5.17. The maximum atomic E-state index is 11.7. The molecule has 4 heteroatoms. The van der Waals surface area contributed by atoms with E-state index in [0.29, 0.717) is 13.2 Å². The van der Waals surface area contributed by atoms with Crippen LogP contribution in [0.2, 0.25) is 0 Å². The molecule has 0 saturated heterocycles. The number of rotatable bonds is 6.